The first-order valence-corrected chi connectivity index (χ1v) is 10.6. The maximum Gasteiger partial charge on any atom is 0.264 e. The zero-order valence-electron chi connectivity index (χ0n) is 14.8. The predicted octanol–water partition coefficient (Wildman–Crippen LogP) is 3.87. The average molecular weight is 448 g/mol. The first kappa shape index (κ1) is 19.3. The van der Waals surface area contributed by atoms with Crippen LogP contribution in [0, 0.1) is 6.92 Å². The van der Waals surface area contributed by atoms with Crippen molar-refractivity contribution in [2.75, 3.05) is 4.72 Å². The highest BCUT2D eigenvalue weighted by molar-refractivity contribution is 9.10. The Balaban J connectivity index is 2.04. The molecule has 27 heavy (non-hydrogen) atoms. The molecule has 0 amide bonds. The van der Waals surface area contributed by atoms with Gasteiger partial charge in [0.2, 0.25) is 0 Å². The largest absolute Gasteiger partial charge is 0.280 e. The van der Waals surface area contributed by atoms with Crippen LogP contribution in [0.5, 0.6) is 0 Å². The number of benzene rings is 2. The number of H-pyrrole nitrogens is 1. The van der Waals surface area contributed by atoms with Crippen molar-refractivity contribution in [3.8, 4) is 11.3 Å². The molecule has 0 radical (unpaired) electrons. The fourth-order valence-electron chi connectivity index (χ4n) is 2.68. The molecule has 2 aromatic carbocycles. The number of rotatable bonds is 5. The fraction of sp³-hybridized carbons (Fsp3) is 0.158. The van der Waals surface area contributed by atoms with Gasteiger partial charge in [-0.1, -0.05) is 35.0 Å². The molecule has 140 valence electrons. The van der Waals surface area contributed by atoms with E-state index in [1.807, 2.05) is 13.8 Å². The quantitative estimate of drug-likeness (QED) is 0.620. The van der Waals surface area contributed by atoms with Gasteiger partial charge in [-0.05, 0) is 54.8 Å². The van der Waals surface area contributed by atoms with E-state index in [0.717, 1.165) is 10.0 Å². The molecule has 0 bridgehead atoms. The van der Waals surface area contributed by atoms with Crippen molar-refractivity contribution in [1.82, 2.24) is 10.2 Å². The molecule has 3 aromatic rings. The number of halogens is 1. The molecule has 1 heterocycles. The lowest BCUT2D eigenvalue weighted by molar-refractivity contribution is 0.600. The first-order chi connectivity index (χ1) is 12.8. The predicted molar refractivity (Wildman–Crippen MR) is 109 cm³/mol. The van der Waals surface area contributed by atoms with Crippen LogP contribution in [-0.4, -0.2) is 18.6 Å². The topological polar surface area (TPSA) is 91.9 Å². The van der Waals surface area contributed by atoms with Crippen LogP contribution >= 0.6 is 15.9 Å². The van der Waals surface area contributed by atoms with Gasteiger partial charge in [0.05, 0.1) is 10.6 Å². The van der Waals surface area contributed by atoms with Gasteiger partial charge in [-0.3, -0.25) is 9.52 Å². The Morgan fingerprint density at radius 2 is 1.89 bits per heavy atom. The number of aromatic nitrogens is 2. The van der Waals surface area contributed by atoms with Gasteiger partial charge in [0.25, 0.3) is 15.6 Å². The van der Waals surface area contributed by atoms with Crippen LogP contribution in [-0.2, 0) is 16.4 Å². The van der Waals surface area contributed by atoms with Crippen molar-refractivity contribution in [1.29, 1.82) is 0 Å². The summed E-state index contributed by atoms with van der Waals surface area (Å²) in [7, 11) is -3.79. The maximum atomic E-state index is 13.0. The van der Waals surface area contributed by atoms with Crippen molar-refractivity contribution in [3.63, 3.8) is 0 Å². The molecule has 1 aromatic heterocycles. The molecule has 0 aliphatic heterocycles. The van der Waals surface area contributed by atoms with E-state index in [9.17, 15) is 13.2 Å². The minimum atomic E-state index is -3.79. The van der Waals surface area contributed by atoms with E-state index in [2.05, 4.69) is 30.8 Å². The number of hydrogen-bond donors (Lipinski definition) is 2. The molecule has 0 unspecified atom stereocenters. The number of hydrogen-bond acceptors (Lipinski definition) is 4. The number of nitrogens with zero attached hydrogens (tertiary/aromatic N) is 1. The zero-order valence-corrected chi connectivity index (χ0v) is 17.2. The van der Waals surface area contributed by atoms with Crippen LogP contribution in [0.2, 0.25) is 0 Å². The summed E-state index contributed by atoms with van der Waals surface area (Å²) in [5.74, 6) is 0. The van der Waals surface area contributed by atoms with Gasteiger partial charge in [-0.15, -0.1) is 0 Å². The maximum absolute atomic E-state index is 13.0. The molecule has 0 saturated heterocycles. The summed E-state index contributed by atoms with van der Waals surface area (Å²) in [6, 6.07) is 13.3. The van der Waals surface area contributed by atoms with Gasteiger partial charge in [-0.25, -0.2) is 13.5 Å². The van der Waals surface area contributed by atoms with E-state index >= 15 is 0 Å². The molecule has 3 rings (SSSR count). The molecule has 0 aliphatic rings. The van der Waals surface area contributed by atoms with Crippen LogP contribution in [0.25, 0.3) is 11.3 Å². The second-order valence-corrected chi connectivity index (χ2v) is 8.56. The molecular formula is C19H18BrN3O3S. The van der Waals surface area contributed by atoms with Gasteiger partial charge in [0.15, 0.2) is 0 Å². The second kappa shape index (κ2) is 7.66. The molecule has 0 fully saturated rings. The standard InChI is InChI=1S/C19H18BrN3O3S/c1-3-13-4-5-14(17-8-9-19(24)22-21-17)11-18(13)27(25,26)23-15-6-7-16(20)12(2)10-15/h4-11,23H,3H2,1-2H3,(H,22,24). The molecule has 6 nitrogen and oxygen atoms in total. The summed E-state index contributed by atoms with van der Waals surface area (Å²) in [5, 5.41) is 6.34. The van der Waals surface area contributed by atoms with E-state index in [-0.39, 0.29) is 10.5 Å². The number of aromatic amines is 1. The lowest BCUT2D eigenvalue weighted by Gasteiger charge is -2.14. The zero-order chi connectivity index (χ0) is 19.6. The summed E-state index contributed by atoms with van der Waals surface area (Å²) in [4.78, 5) is 11.4. The third-order valence-electron chi connectivity index (χ3n) is 4.12. The molecule has 0 atom stereocenters. The third kappa shape index (κ3) is 4.28. The van der Waals surface area contributed by atoms with Crippen molar-refractivity contribution in [3.05, 3.63) is 74.5 Å². The van der Waals surface area contributed by atoms with Crippen molar-refractivity contribution in [2.24, 2.45) is 0 Å². The molecule has 8 heteroatoms. The van der Waals surface area contributed by atoms with E-state index in [4.69, 9.17) is 0 Å². The van der Waals surface area contributed by atoms with Gasteiger partial charge in [0.1, 0.15) is 0 Å². The second-order valence-electron chi connectivity index (χ2n) is 6.05. The van der Waals surface area contributed by atoms with E-state index in [1.165, 1.54) is 6.07 Å². The molecule has 0 saturated carbocycles. The highest BCUT2D eigenvalue weighted by Crippen LogP contribution is 2.27. The van der Waals surface area contributed by atoms with Gasteiger partial charge in [0, 0.05) is 21.8 Å². The van der Waals surface area contributed by atoms with Crippen LogP contribution in [0.3, 0.4) is 0 Å². The summed E-state index contributed by atoms with van der Waals surface area (Å²) in [6.45, 7) is 3.79. The lowest BCUT2D eigenvalue weighted by Crippen LogP contribution is -2.15. The Labute approximate surface area is 165 Å². The van der Waals surface area contributed by atoms with Gasteiger partial charge in [-0.2, -0.15) is 5.10 Å². The highest BCUT2D eigenvalue weighted by atomic mass is 79.9. The fourth-order valence-corrected chi connectivity index (χ4v) is 4.31. The molecule has 0 aliphatic carbocycles. The summed E-state index contributed by atoms with van der Waals surface area (Å²) in [6.07, 6.45) is 0.564. The molecular weight excluding hydrogens is 430 g/mol. The van der Waals surface area contributed by atoms with Crippen molar-refractivity contribution in [2.45, 2.75) is 25.2 Å². The monoisotopic (exact) mass is 447 g/mol. The van der Waals surface area contributed by atoms with Gasteiger partial charge < -0.3 is 0 Å². The van der Waals surface area contributed by atoms with E-state index in [0.29, 0.717) is 28.9 Å². The smallest absolute Gasteiger partial charge is 0.264 e. The Hall–Kier alpha value is -2.45. The third-order valence-corrected chi connectivity index (χ3v) is 6.48. The number of aryl methyl sites for hydroxylation is 2. The van der Waals surface area contributed by atoms with Crippen molar-refractivity contribution < 1.29 is 8.42 Å². The minimum absolute atomic E-state index is 0.191. The Morgan fingerprint density at radius 1 is 1.11 bits per heavy atom. The molecule has 0 spiro atoms. The Morgan fingerprint density at radius 3 is 2.52 bits per heavy atom. The summed E-state index contributed by atoms with van der Waals surface area (Å²) >= 11 is 3.41. The van der Waals surface area contributed by atoms with Gasteiger partial charge >= 0.3 is 0 Å². The van der Waals surface area contributed by atoms with Crippen LogP contribution in [0.4, 0.5) is 5.69 Å². The van der Waals surface area contributed by atoms with Crippen LogP contribution in [0.15, 0.2) is 62.7 Å². The first-order valence-electron chi connectivity index (χ1n) is 8.28. The summed E-state index contributed by atoms with van der Waals surface area (Å²) < 4.78 is 29.6. The van der Waals surface area contributed by atoms with Crippen molar-refractivity contribution >= 4 is 31.6 Å². The van der Waals surface area contributed by atoms with E-state index < -0.39 is 10.0 Å². The lowest BCUT2D eigenvalue weighted by atomic mass is 10.1. The molecule has 2 N–H and O–H groups in total. The van der Waals surface area contributed by atoms with Crippen LogP contribution < -0.4 is 10.3 Å². The number of nitrogens with one attached hydrogen (secondary N) is 2. The Kier molecular flexibility index (Phi) is 5.48. The number of sulfonamides is 1. The SMILES string of the molecule is CCc1ccc(-c2ccc(=O)[nH]n2)cc1S(=O)(=O)Nc1ccc(Br)c(C)c1. The van der Waals surface area contributed by atoms with Crippen LogP contribution in [0.1, 0.15) is 18.1 Å². The number of anilines is 1. The highest BCUT2D eigenvalue weighted by Gasteiger charge is 2.19. The average Bonchev–Trinajstić information content (AvgIpc) is 2.64. The Bertz CT molecular complexity index is 1140. The normalized spacial score (nSPS) is 11.4. The summed E-state index contributed by atoms with van der Waals surface area (Å²) in [5.41, 5.74) is 2.90. The minimum Gasteiger partial charge on any atom is -0.280 e. The van der Waals surface area contributed by atoms with E-state index in [1.54, 1.807) is 42.5 Å².